The second-order valence-corrected chi connectivity index (χ2v) is 6.36. The van der Waals surface area contributed by atoms with E-state index in [1.807, 2.05) is 18.4 Å². The van der Waals surface area contributed by atoms with Gasteiger partial charge in [0.25, 0.3) is 0 Å². The molecule has 1 aliphatic carbocycles. The number of fused-ring (bicyclic) bond motifs is 2. The van der Waals surface area contributed by atoms with E-state index in [0.717, 1.165) is 12.8 Å². The lowest BCUT2D eigenvalue weighted by atomic mass is 9.87. The van der Waals surface area contributed by atoms with Crippen molar-refractivity contribution in [2.45, 2.75) is 56.8 Å². The van der Waals surface area contributed by atoms with E-state index in [-0.39, 0.29) is 18.2 Å². The minimum absolute atomic E-state index is 0.0734. The fourth-order valence-corrected chi connectivity index (χ4v) is 3.52. The molecule has 1 saturated heterocycles. The van der Waals surface area contributed by atoms with E-state index in [0.29, 0.717) is 17.0 Å². The topological polar surface area (TPSA) is 108 Å². The molecule has 4 rings (SSSR count). The van der Waals surface area contributed by atoms with E-state index in [2.05, 4.69) is 15.0 Å². The quantitative estimate of drug-likeness (QED) is 0.795. The molecule has 0 bridgehead atoms. The fraction of sp³-hybridized carbons (Fsp3) is 0.643. The molecule has 118 valence electrons. The summed E-state index contributed by atoms with van der Waals surface area (Å²) in [5.41, 5.74) is 7.01. The summed E-state index contributed by atoms with van der Waals surface area (Å²) in [6.07, 6.45) is 3.54. The van der Waals surface area contributed by atoms with Crippen molar-refractivity contribution in [1.82, 2.24) is 19.5 Å². The van der Waals surface area contributed by atoms with Crippen LogP contribution in [-0.2, 0) is 9.47 Å². The zero-order valence-electron chi connectivity index (χ0n) is 12.5. The normalized spacial score (nSPS) is 34.0. The highest BCUT2D eigenvalue weighted by atomic mass is 16.8. The number of aromatic nitrogens is 4. The Morgan fingerprint density at radius 3 is 2.91 bits per heavy atom. The molecule has 0 radical (unpaired) electrons. The third-order valence-electron chi connectivity index (χ3n) is 4.44. The summed E-state index contributed by atoms with van der Waals surface area (Å²) in [5, 5.41) is 10.7. The number of anilines is 1. The molecular weight excluding hydrogens is 286 g/mol. The molecule has 8 heteroatoms. The van der Waals surface area contributed by atoms with E-state index in [1.54, 1.807) is 6.33 Å². The van der Waals surface area contributed by atoms with Crippen molar-refractivity contribution in [2.24, 2.45) is 0 Å². The van der Waals surface area contributed by atoms with Gasteiger partial charge in [0.15, 0.2) is 17.3 Å². The molecule has 1 saturated carbocycles. The standard InChI is InChI=1S/C14H19N5O3/c1-14(2)21-8-4-3-7(10(20)11(8)22-14)19-6-18-9-12(15)16-5-17-13(9)19/h5-8,10-11,20H,3-4H2,1-2H3,(H2,15,16,17)/t7-,8-,10-,11-/m0/s1. The molecule has 0 amide bonds. The van der Waals surface area contributed by atoms with Crippen LogP contribution in [0.5, 0.6) is 0 Å². The second kappa shape index (κ2) is 4.61. The summed E-state index contributed by atoms with van der Waals surface area (Å²) in [6.45, 7) is 3.74. The first-order valence-corrected chi connectivity index (χ1v) is 7.43. The van der Waals surface area contributed by atoms with Crippen LogP contribution in [0.4, 0.5) is 5.82 Å². The third kappa shape index (κ3) is 1.98. The van der Waals surface area contributed by atoms with E-state index in [9.17, 15) is 5.11 Å². The average Bonchev–Trinajstić information content (AvgIpc) is 3.01. The highest BCUT2D eigenvalue weighted by Gasteiger charge is 2.50. The lowest BCUT2D eigenvalue weighted by molar-refractivity contribution is -0.155. The van der Waals surface area contributed by atoms with E-state index < -0.39 is 11.9 Å². The lowest BCUT2D eigenvalue weighted by Crippen LogP contribution is -2.45. The number of rotatable bonds is 1. The second-order valence-electron chi connectivity index (χ2n) is 6.36. The van der Waals surface area contributed by atoms with Crippen LogP contribution >= 0.6 is 0 Å². The molecule has 22 heavy (non-hydrogen) atoms. The number of aliphatic hydroxyl groups is 1. The van der Waals surface area contributed by atoms with Crippen molar-refractivity contribution >= 4 is 17.0 Å². The van der Waals surface area contributed by atoms with Crippen LogP contribution in [0.3, 0.4) is 0 Å². The SMILES string of the molecule is CC1(C)O[C@@H]2[C@@H](O)[C@@H](n3cnc4c(N)ncnc43)CC[C@@H]2O1. The Hall–Kier alpha value is -1.77. The first-order valence-electron chi connectivity index (χ1n) is 7.43. The first-order chi connectivity index (χ1) is 10.5. The number of nitrogen functional groups attached to an aromatic ring is 1. The van der Waals surface area contributed by atoms with Gasteiger partial charge >= 0.3 is 0 Å². The maximum absolute atomic E-state index is 10.7. The number of aliphatic hydroxyl groups excluding tert-OH is 1. The smallest absolute Gasteiger partial charge is 0.165 e. The summed E-state index contributed by atoms with van der Waals surface area (Å²) < 4.78 is 13.6. The number of ether oxygens (including phenoxy) is 2. The van der Waals surface area contributed by atoms with Crippen LogP contribution in [0.25, 0.3) is 11.2 Å². The van der Waals surface area contributed by atoms with Crippen LogP contribution in [0.15, 0.2) is 12.7 Å². The Morgan fingerprint density at radius 1 is 1.27 bits per heavy atom. The molecule has 2 aliphatic rings. The van der Waals surface area contributed by atoms with Gasteiger partial charge in [-0.3, -0.25) is 0 Å². The molecule has 0 spiro atoms. The molecule has 0 unspecified atom stereocenters. The molecule has 2 aromatic heterocycles. The minimum Gasteiger partial charge on any atom is -0.388 e. The predicted molar refractivity (Wildman–Crippen MR) is 77.8 cm³/mol. The van der Waals surface area contributed by atoms with Gasteiger partial charge in [-0.05, 0) is 26.7 Å². The number of hydrogen-bond donors (Lipinski definition) is 2. The summed E-state index contributed by atoms with van der Waals surface area (Å²) in [4.78, 5) is 12.5. The van der Waals surface area contributed by atoms with Crippen LogP contribution < -0.4 is 5.73 Å². The predicted octanol–water partition coefficient (Wildman–Crippen LogP) is 0.624. The van der Waals surface area contributed by atoms with Crippen LogP contribution in [0, 0.1) is 0 Å². The molecule has 1 aliphatic heterocycles. The van der Waals surface area contributed by atoms with Crippen molar-refractivity contribution in [3.05, 3.63) is 12.7 Å². The molecule has 3 N–H and O–H groups in total. The number of nitrogens with zero attached hydrogens (tertiary/aromatic N) is 4. The van der Waals surface area contributed by atoms with E-state index in [4.69, 9.17) is 15.2 Å². The lowest BCUT2D eigenvalue weighted by Gasteiger charge is -2.35. The number of hydrogen-bond acceptors (Lipinski definition) is 7. The molecule has 2 fully saturated rings. The molecule has 3 heterocycles. The van der Waals surface area contributed by atoms with Crippen molar-refractivity contribution in [2.75, 3.05) is 5.73 Å². The van der Waals surface area contributed by atoms with Gasteiger partial charge < -0.3 is 24.9 Å². The van der Waals surface area contributed by atoms with E-state index >= 15 is 0 Å². The summed E-state index contributed by atoms with van der Waals surface area (Å²) in [5.74, 6) is -0.317. The van der Waals surface area contributed by atoms with Crippen molar-refractivity contribution in [1.29, 1.82) is 0 Å². The minimum atomic E-state index is -0.686. The Morgan fingerprint density at radius 2 is 2.09 bits per heavy atom. The molecule has 2 aromatic rings. The van der Waals surface area contributed by atoms with Crippen LogP contribution in [0.1, 0.15) is 32.7 Å². The Labute approximate surface area is 127 Å². The Balaban J connectivity index is 1.69. The Bertz CT molecular complexity index is 716. The average molecular weight is 305 g/mol. The maximum Gasteiger partial charge on any atom is 0.165 e. The monoisotopic (exact) mass is 305 g/mol. The van der Waals surface area contributed by atoms with Gasteiger partial charge in [0.1, 0.15) is 24.1 Å². The summed E-state index contributed by atoms with van der Waals surface area (Å²) >= 11 is 0. The van der Waals surface area contributed by atoms with Gasteiger partial charge in [-0.25, -0.2) is 15.0 Å². The fourth-order valence-electron chi connectivity index (χ4n) is 3.52. The highest BCUT2D eigenvalue weighted by molar-refractivity contribution is 5.81. The van der Waals surface area contributed by atoms with Gasteiger partial charge in [0.05, 0.1) is 18.5 Å². The van der Waals surface area contributed by atoms with Gasteiger partial charge in [-0.15, -0.1) is 0 Å². The largest absolute Gasteiger partial charge is 0.388 e. The molecular formula is C14H19N5O3. The van der Waals surface area contributed by atoms with Crippen LogP contribution in [0.2, 0.25) is 0 Å². The highest BCUT2D eigenvalue weighted by Crippen LogP contribution is 2.41. The number of imidazole rings is 1. The van der Waals surface area contributed by atoms with Gasteiger partial charge in [-0.2, -0.15) is 0 Å². The summed E-state index contributed by atoms with van der Waals surface area (Å²) in [6, 6.07) is -0.168. The van der Waals surface area contributed by atoms with Gasteiger partial charge in [0, 0.05) is 0 Å². The van der Waals surface area contributed by atoms with E-state index in [1.165, 1.54) is 6.33 Å². The van der Waals surface area contributed by atoms with Crippen molar-refractivity contribution in [3.63, 3.8) is 0 Å². The third-order valence-corrected chi connectivity index (χ3v) is 4.44. The molecule has 4 atom stereocenters. The molecule has 8 nitrogen and oxygen atoms in total. The van der Waals surface area contributed by atoms with Gasteiger partial charge in [-0.1, -0.05) is 0 Å². The zero-order valence-corrected chi connectivity index (χ0v) is 12.5. The van der Waals surface area contributed by atoms with Crippen molar-refractivity contribution in [3.8, 4) is 0 Å². The summed E-state index contributed by atoms with van der Waals surface area (Å²) in [7, 11) is 0. The maximum atomic E-state index is 10.7. The first kappa shape index (κ1) is 13.9. The van der Waals surface area contributed by atoms with Crippen LogP contribution in [-0.4, -0.2) is 48.7 Å². The molecule has 0 aromatic carbocycles. The van der Waals surface area contributed by atoms with Gasteiger partial charge in [0.2, 0.25) is 0 Å². The zero-order chi connectivity index (χ0) is 15.5. The number of nitrogens with two attached hydrogens (primary N) is 1. The van der Waals surface area contributed by atoms with Crippen molar-refractivity contribution < 1.29 is 14.6 Å². The Kier molecular flexibility index (Phi) is 2.91.